The third kappa shape index (κ3) is 4.46. The van der Waals surface area contributed by atoms with Crippen LogP contribution >= 0.6 is 0 Å². The lowest BCUT2D eigenvalue weighted by Gasteiger charge is -2.36. The van der Waals surface area contributed by atoms with Crippen LogP contribution < -0.4 is 10.2 Å². The molecule has 0 atom stereocenters. The van der Waals surface area contributed by atoms with Crippen molar-refractivity contribution in [3.05, 3.63) is 48.6 Å². The number of nitrogens with one attached hydrogen (secondary N) is 1. The molecule has 1 N–H and O–H groups in total. The molecule has 0 aliphatic carbocycles. The van der Waals surface area contributed by atoms with Crippen molar-refractivity contribution in [2.45, 2.75) is 13.0 Å². The second kappa shape index (κ2) is 7.96. The van der Waals surface area contributed by atoms with Gasteiger partial charge in [-0.2, -0.15) is 0 Å². The Morgan fingerprint density at radius 1 is 1.20 bits per heavy atom. The Balaban J connectivity index is 1.42. The zero-order valence-corrected chi connectivity index (χ0v) is 13.9. The van der Waals surface area contributed by atoms with E-state index in [9.17, 15) is 13.6 Å². The van der Waals surface area contributed by atoms with Crippen LogP contribution in [0.4, 0.5) is 19.3 Å². The molecule has 1 aliphatic heterocycles. The first kappa shape index (κ1) is 17.2. The molecule has 8 heteroatoms. The number of anilines is 1. The van der Waals surface area contributed by atoms with Gasteiger partial charge in [-0.1, -0.05) is 0 Å². The maximum Gasteiger partial charge on any atom is 0.317 e. The maximum atomic E-state index is 13.8. The van der Waals surface area contributed by atoms with Gasteiger partial charge >= 0.3 is 6.03 Å². The average molecular weight is 349 g/mol. The molecular weight excluding hydrogens is 328 g/mol. The van der Waals surface area contributed by atoms with E-state index in [2.05, 4.69) is 10.3 Å². The highest BCUT2D eigenvalue weighted by atomic mass is 19.1. The van der Waals surface area contributed by atoms with Crippen molar-refractivity contribution < 1.29 is 13.6 Å². The van der Waals surface area contributed by atoms with Crippen LogP contribution in [0, 0.1) is 11.6 Å². The van der Waals surface area contributed by atoms with Gasteiger partial charge in [0.1, 0.15) is 11.6 Å². The molecular formula is C17H21F2N5O. The van der Waals surface area contributed by atoms with Crippen LogP contribution in [-0.2, 0) is 6.54 Å². The fourth-order valence-corrected chi connectivity index (χ4v) is 2.87. The van der Waals surface area contributed by atoms with Gasteiger partial charge in [-0.15, -0.1) is 0 Å². The quantitative estimate of drug-likeness (QED) is 0.841. The fraction of sp³-hybridized carbons (Fsp3) is 0.412. The summed E-state index contributed by atoms with van der Waals surface area (Å²) < 4.78 is 29.1. The predicted molar refractivity (Wildman–Crippen MR) is 90.4 cm³/mol. The largest absolute Gasteiger partial charge is 0.366 e. The van der Waals surface area contributed by atoms with Crippen molar-refractivity contribution in [2.75, 3.05) is 37.6 Å². The summed E-state index contributed by atoms with van der Waals surface area (Å²) in [6.07, 6.45) is 6.16. The van der Waals surface area contributed by atoms with E-state index in [0.717, 1.165) is 25.1 Å². The van der Waals surface area contributed by atoms with E-state index in [0.29, 0.717) is 32.7 Å². The molecule has 1 aromatic heterocycles. The smallest absolute Gasteiger partial charge is 0.317 e. The van der Waals surface area contributed by atoms with E-state index >= 15 is 0 Å². The zero-order valence-electron chi connectivity index (χ0n) is 13.9. The predicted octanol–water partition coefficient (Wildman–Crippen LogP) is 2.08. The van der Waals surface area contributed by atoms with Crippen molar-refractivity contribution in [3.63, 3.8) is 0 Å². The number of aryl methyl sites for hydroxylation is 1. The maximum absolute atomic E-state index is 13.8. The third-order valence-corrected chi connectivity index (χ3v) is 4.24. The van der Waals surface area contributed by atoms with Crippen LogP contribution in [0.1, 0.15) is 6.42 Å². The molecule has 1 aromatic carbocycles. The van der Waals surface area contributed by atoms with E-state index in [1.807, 2.05) is 10.8 Å². The van der Waals surface area contributed by atoms with E-state index < -0.39 is 11.6 Å². The number of benzene rings is 1. The van der Waals surface area contributed by atoms with E-state index in [-0.39, 0.29) is 11.7 Å². The average Bonchev–Trinajstić information content (AvgIpc) is 3.14. The molecule has 0 saturated carbocycles. The number of rotatable bonds is 5. The minimum atomic E-state index is -0.463. The minimum absolute atomic E-state index is 0.120. The van der Waals surface area contributed by atoms with Crippen molar-refractivity contribution >= 4 is 11.7 Å². The van der Waals surface area contributed by atoms with E-state index in [1.54, 1.807) is 22.3 Å². The lowest BCUT2D eigenvalue weighted by molar-refractivity contribution is 0.194. The molecule has 0 radical (unpaired) electrons. The number of hydrogen-bond donors (Lipinski definition) is 1. The fourth-order valence-electron chi connectivity index (χ4n) is 2.87. The number of aromatic nitrogens is 2. The van der Waals surface area contributed by atoms with Gasteiger partial charge in [0.2, 0.25) is 0 Å². The highest BCUT2D eigenvalue weighted by Gasteiger charge is 2.22. The normalized spacial score (nSPS) is 14.6. The molecule has 134 valence electrons. The molecule has 1 saturated heterocycles. The van der Waals surface area contributed by atoms with E-state index in [4.69, 9.17) is 0 Å². The summed E-state index contributed by atoms with van der Waals surface area (Å²) in [5.41, 5.74) is 0.250. The second-order valence-electron chi connectivity index (χ2n) is 5.96. The summed E-state index contributed by atoms with van der Waals surface area (Å²) in [4.78, 5) is 19.6. The number of amides is 2. The summed E-state index contributed by atoms with van der Waals surface area (Å²) >= 11 is 0. The number of imidazole rings is 1. The molecule has 2 aromatic rings. The molecule has 0 unspecified atom stereocenters. The molecule has 25 heavy (non-hydrogen) atoms. The summed E-state index contributed by atoms with van der Waals surface area (Å²) in [7, 11) is 0. The van der Waals surface area contributed by atoms with Crippen LogP contribution in [-0.4, -0.2) is 53.2 Å². The summed E-state index contributed by atoms with van der Waals surface area (Å²) in [6, 6.07) is 3.31. The number of urea groups is 1. The molecule has 2 amide bonds. The lowest BCUT2D eigenvalue weighted by atomic mass is 10.2. The Hall–Kier alpha value is -2.64. The standard InChI is InChI=1S/C17H21F2N5O/c18-14-2-3-15(19)16(12-14)23-8-10-24(11-9-23)17(25)21-4-1-6-22-7-5-20-13-22/h2-3,5,7,12-13H,1,4,6,8-11H2,(H,21,25). The van der Waals surface area contributed by atoms with Gasteiger partial charge in [0.05, 0.1) is 12.0 Å². The highest BCUT2D eigenvalue weighted by Crippen LogP contribution is 2.21. The van der Waals surface area contributed by atoms with Gasteiger partial charge in [0.25, 0.3) is 0 Å². The summed E-state index contributed by atoms with van der Waals surface area (Å²) in [5, 5.41) is 2.89. The van der Waals surface area contributed by atoms with Gasteiger partial charge in [-0.25, -0.2) is 18.6 Å². The number of halogens is 2. The van der Waals surface area contributed by atoms with Gasteiger partial charge in [-0.05, 0) is 18.6 Å². The third-order valence-electron chi connectivity index (χ3n) is 4.24. The summed E-state index contributed by atoms with van der Waals surface area (Å²) in [5.74, 6) is -0.909. The summed E-state index contributed by atoms with van der Waals surface area (Å²) in [6.45, 7) is 3.28. The first-order chi connectivity index (χ1) is 12.1. The van der Waals surface area contributed by atoms with Crippen molar-refractivity contribution in [3.8, 4) is 0 Å². The van der Waals surface area contributed by atoms with Gasteiger partial charge in [0.15, 0.2) is 0 Å². The Labute approximate surface area is 145 Å². The Morgan fingerprint density at radius 3 is 2.72 bits per heavy atom. The number of carbonyl (C=O) groups is 1. The Morgan fingerprint density at radius 2 is 2.00 bits per heavy atom. The Bertz CT molecular complexity index is 699. The van der Waals surface area contributed by atoms with E-state index in [1.165, 1.54) is 6.07 Å². The van der Waals surface area contributed by atoms with Gasteiger partial charge < -0.3 is 19.7 Å². The first-order valence-electron chi connectivity index (χ1n) is 8.32. The molecule has 3 rings (SSSR count). The number of hydrogen-bond acceptors (Lipinski definition) is 3. The zero-order chi connectivity index (χ0) is 17.6. The lowest BCUT2D eigenvalue weighted by Crippen LogP contribution is -2.52. The van der Waals surface area contributed by atoms with Crippen molar-refractivity contribution in [1.29, 1.82) is 0 Å². The van der Waals surface area contributed by atoms with Crippen LogP contribution in [0.5, 0.6) is 0 Å². The number of nitrogens with zero attached hydrogens (tertiary/aromatic N) is 4. The van der Waals surface area contributed by atoms with Crippen LogP contribution in [0.3, 0.4) is 0 Å². The SMILES string of the molecule is O=C(NCCCn1ccnc1)N1CCN(c2cc(F)ccc2F)CC1. The number of piperazine rings is 1. The monoisotopic (exact) mass is 349 g/mol. The molecule has 1 fully saturated rings. The van der Waals surface area contributed by atoms with Crippen LogP contribution in [0.25, 0.3) is 0 Å². The highest BCUT2D eigenvalue weighted by molar-refractivity contribution is 5.74. The van der Waals surface area contributed by atoms with Crippen molar-refractivity contribution in [2.24, 2.45) is 0 Å². The first-order valence-corrected chi connectivity index (χ1v) is 8.32. The number of carbonyl (C=O) groups excluding carboxylic acids is 1. The van der Waals surface area contributed by atoms with Crippen LogP contribution in [0.15, 0.2) is 36.9 Å². The van der Waals surface area contributed by atoms with Crippen molar-refractivity contribution in [1.82, 2.24) is 19.8 Å². The van der Waals surface area contributed by atoms with Gasteiger partial charge in [0, 0.05) is 57.7 Å². The molecule has 2 heterocycles. The van der Waals surface area contributed by atoms with Gasteiger partial charge in [-0.3, -0.25) is 0 Å². The Kier molecular flexibility index (Phi) is 5.47. The molecule has 0 bridgehead atoms. The molecule has 1 aliphatic rings. The second-order valence-corrected chi connectivity index (χ2v) is 5.96. The molecule has 6 nitrogen and oxygen atoms in total. The minimum Gasteiger partial charge on any atom is -0.366 e. The molecule has 0 spiro atoms. The van der Waals surface area contributed by atoms with Crippen LogP contribution in [0.2, 0.25) is 0 Å². The topological polar surface area (TPSA) is 53.4 Å².